The van der Waals surface area contributed by atoms with Crippen LogP contribution in [0.25, 0.3) is 0 Å². The maximum atomic E-state index is 5.31. The molecule has 1 aromatic heterocycles. The van der Waals surface area contributed by atoms with Crippen LogP contribution in [0.1, 0.15) is 11.5 Å². The number of nitrogens with zero attached hydrogens (tertiary/aromatic N) is 1. The molecule has 0 fully saturated rings. The van der Waals surface area contributed by atoms with Crippen LogP contribution in [0.5, 0.6) is 0 Å². The van der Waals surface area contributed by atoms with Crippen LogP contribution >= 0.6 is 12.2 Å². The SMILES string of the molecule is Cc1ccc(C/C=N/NC(N)=S)o1. The van der Waals surface area contributed by atoms with Gasteiger partial charge in [0.15, 0.2) is 5.11 Å². The molecular weight excluding hydrogens is 186 g/mol. The van der Waals surface area contributed by atoms with Crippen molar-refractivity contribution in [1.82, 2.24) is 5.43 Å². The third kappa shape index (κ3) is 3.71. The largest absolute Gasteiger partial charge is 0.466 e. The molecule has 0 amide bonds. The lowest BCUT2D eigenvalue weighted by Gasteiger charge is -1.92. The first kappa shape index (κ1) is 9.73. The molecule has 0 spiro atoms. The molecule has 0 radical (unpaired) electrons. The van der Waals surface area contributed by atoms with Gasteiger partial charge in [-0.15, -0.1) is 0 Å². The Balaban J connectivity index is 2.34. The lowest BCUT2D eigenvalue weighted by molar-refractivity contribution is 0.498. The van der Waals surface area contributed by atoms with Crippen LogP contribution in [0.3, 0.4) is 0 Å². The molecule has 0 aromatic carbocycles. The van der Waals surface area contributed by atoms with Crippen molar-refractivity contribution in [2.45, 2.75) is 13.3 Å². The summed E-state index contributed by atoms with van der Waals surface area (Å²) in [5.41, 5.74) is 7.62. The van der Waals surface area contributed by atoms with E-state index in [1.54, 1.807) is 6.21 Å². The van der Waals surface area contributed by atoms with Gasteiger partial charge in [0.25, 0.3) is 0 Å². The van der Waals surface area contributed by atoms with Crippen LogP contribution in [0, 0.1) is 6.92 Å². The zero-order chi connectivity index (χ0) is 9.68. The molecule has 0 saturated carbocycles. The average molecular weight is 197 g/mol. The first-order valence-electron chi connectivity index (χ1n) is 3.81. The number of nitrogens with one attached hydrogen (secondary N) is 1. The summed E-state index contributed by atoms with van der Waals surface area (Å²) < 4.78 is 5.31. The van der Waals surface area contributed by atoms with E-state index in [1.807, 2.05) is 19.1 Å². The number of furan rings is 1. The molecule has 13 heavy (non-hydrogen) atoms. The van der Waals surface area contributed by atoms with E-state index in [-0.39, 0.29) is 5.11 Å². The second kappa shape index (κ2) is 4.61. The monoisotopic (exact) mass is 197 g/mol. The van der Waals surface area contributed by atoms with Gasteiger partial charge in [-0.25, -0.2) is 0 Å². The summed E-state index contributed by atoms with van der Waals surface area (Å²) in [6.07, 6.45) is 2.28. The molecule has 0 aliphatic carbocycles. The lowest BCUT2D eigenvalue weighted by atomic mass is 10.3. The van der Waals surface area contributed by atoms with Gasteiger partial charge in [-0.2, -0.15) is 5.10 Å². The highest BCUT2D eigenvalue weighted by Gasteiger charge is 1.94. The predicted octanol–water partition coefficient (Wildman–Crippen LogP) is 0.950. The van der Waals surface area contributed by atoms with Crippen LogP contribution in [0.2, 0.25) is 0 Å². The van der Waals surface area contributed by atoms with Crippen molar-refractivity contribution >= 4 is 23.5 Å². The Morgan fingerprint density at radius 3 is 3.08 bits per heavy atom. The summed E-state index contributed by atoms with van der Waals surface area (Å²) in [6.45, 7) is 1.90. The first-order chi connectivity index (χ1) is 6.18. The molecule has 5 heteroatoms. The molecule has 0 saturated heterocycles. The van der Waals surface area contributed by atoms with Crippen LogP contribution in [-0.4, -0.2) is 11.3 Å². The third-order valence-electron chi connectivity index (χ3n) is 1.35. The fraction of sp³-hybridized carbons (Fsp3) is 0.250. The molecule has 0 bridgehead atoms. The Morgan fingerprint density at radius 1 is 1.77 bits per heavy atom. The third-order valence-corrected chi connectivity index (χ3v) is 1.45. The molecule has 1 rings (SSSR count). The number of thiocarbonyl (C=S) groups is 1. The fourth-order valence-corrected chi connectivity index (χ4v) is 0.892. The van der Waals surface area contributed by atoms with Gasteiger partial charge in [0.05, 0.1) is 0 Å². The van der Waals surface area contributed by atoms with Gasteiger partial charge in [0, 0.05) is 12.6 Å². The maximum absolute atomic E-state index is 5.31. The Labute approximate surface area is 81.8 Å². The summed E-state index contributed by atoms with van der Waals surface area (Å²) in [7, 11) is 0. The van der Waals surface area contributed by atoms with Gasteiger partial charge in [-0.05, 0) is 31.3 Å². The van der Waals surface area contributed by atoms with E-state index in [9.17, 15) is 0 Å². The minimum Gasteiger partial charge on any atom is -0.466 e. The van der Waals surface area contributed by atoms with Gasteiger partial charge in [0.2, 0.25) is 0 Å². The first-order valence-corrected chi connectivity index (χ1v) is 4.21. The fourth-order valence-electron chi connectivity index (χ4n) is 0.840. The average Bonchev–Trinajstić information content (AvgIpc) is 2.45. The molecule has 4 nitrogen and oxygen atoms in total. The molecule has 0 aliphatic rings. The van der Waals surface area contributed by atoms with E-state index >= 15 is 0 Å². The number of nitrogens with two attached hydrogens (primary N) is 1. The van der Waals surface area contributed by atoms with Crippen molar-refractivity contribution in [1.29, 1.82) is 0 Å². The van der Waals surface area contributed by atoms with Gasteiger partial charge in [-0.1, -0.05) is 0 Å². The molecule has 0 atom stereocenters. The molecule has 1 aromatic rings. The lowest BCUT2D eigenvalue weighted by Crippen LogP contribution is -2.24. The second-order valence-electron chi connectivity index (χ2n) is 2.50. The van der Waals surface area contributed by atoms with Crippen LogP contribution in [0.4, 0.5) is 0 Å². The maximum Gasteiger partial charge on any atom is 0.184 e. The van der Waals surface area contributed by atoms with Crippen molar-refractivity contribution in [3.05, 3.63) is 23.7 Å². The van der Waals surface area contributed by atoms with E-state index < -0.39 is 0 Å². The summed E-state index contributed by atoms with van der Waals surface area (Å²) in [5, 5.41) is 3.93. The van der Waals surface area contributed by atoms with E-state index in [4.69, 9.17) is 10.2 Å². The van der Waals surface area contributed by atoms with Crippen molar-refractivity contribution < 1.29 is 4.42 Å². The second-order valence-corrected chi connectivity index (χ2v) is 2.94. The number of rotatable bonds is 3. The molecule has 0 unspecified atom stereocenters. The summed E-state index contributed by atoms with van der Waals surface area (Å²) >= 11 is 4.56. The van der Waals surface area contributed by atoms with E-state index in [1.165, 1.54) is 0 Å². The Bertz CT molecular complexity index is 319. The molecule has 3 N–H and O–H groups in total. The normalized spacial score (nSPS) is 10.5. The van der Waals surface area contributed by atoms with Crippen molar-refractivity contribution in [3.8, 4) is 0 Å². The van der Waals surface area contributed by atoms with Crippen LogP contribution in [0.15, 0.2) is 21.7 Å². The Morgan fingerprint density at radius 2 is 2.54 bits per heavy atom. The van der Waals surface area contributed by atoms with Crippen molar-refractivity contribution in [2.24, 2.45) is 10.8 Å². The predicted molar refractivity (Wildman–Crippen MR) is 55.6 cm³/mol. The number of hydrazone groups is 1. The minimum atomic E-state index is 0.159. The van der Waals surface area contributed by atoms with Gasteiger partial charge >= 0.3 is 0 Å². The van der Waals surface area contributed by atoms with Crippen molar-refractivity contribution in [3.63, 3.8) is 0 Å². The topological polar surface area (TPSA) is 63.5 Å². The minimum absolute atomic E-state index is 0.159. The van der Waals surface area contributed by atoms with Crippen LogP contribution < -0.4 is 11.2 Å². The molecular formula is C8H11N3OS. The molecule has 0 aliphatic heterocycles. The number of hydrogen-bond donors (Lipinski definition) is 2. The standard InChI is InChI=1S/C8H11N3OS/c1-6-2-3-7(12-6)4-5-10-11-8(9)13/h2-3,5H,4H2,1H3,(H3,9,11,13)/b10-5+. The highest BCUT2D eigenvalue weighted by molar-refractivity contribution is 7.80. The van der Waals surface area contributed by atoms with Crippen molar-refractivity contribution in [2.75, 3.05) is 0 Å². The zero-order valence-electron chi connectivity index (χ0n) is 7.28. The summed E-state index contributed by atoms with van der Waals surface area (Å²) in [5.74, 6) is 1.76. The number of hydrogen-bond acceptors (Lipinski definition) is 3. The zero-order valence-corrected chi connectivity index (χ0v) is 8.10. The van der Waals surface area contributed by atoms with Gasteiger partial charge in [0.1, 0.15) is 11.5 Å². The summed E-state index contributed by atoms with van der Waals surface area (Å²) in [6, 6.07) is 3.81. The molecule has 70 valence electrons. The smallest absolute Gasteiger partial charge is 0.184 e. The van der Waals surface area contributed by atoms with E-state index in [0.29, 0.717) is 6.42 Å². The Kier molecular flexibility index (Phi) is 3.45. The number of aryl methyl sites for hydroxylation is 1. The Hall–Kier alpha value is -1.36. The quantitative estimate of drug-likeness (QED) is 0.430. The van der Waals surface area contributed by atoms with Crippen LogP contribution in [-0.2, 0) is 6.42 Å². The summed E-state index contributed by atoms with van der Waals surface area (Å²) in [4.78, 5) is 0. The van der Waals surface area contributed by atoms with E-state index in [0.717, 1.165) is 11.5 Å². The molecule has 1 heterocycles. The van der Waals surface area contributed by atoms with E-state index in [2.05, 4.69) is 22.7 Å². The highest BCUT2D eigenvalue weighted by Crippen LogP contribution is 2.05. The van der Waals surface area contributed by atoms with Gasteiger partial charge in [-0.3, -0.25) is 5.43 Å². The highest BCUT2D eigenvalue weighted by atomic mass is 32.1. The van der Waals surface area contributed by atoms with Gasteiger partial charge < -0.3 is 10.2 Å².